The molecule has 4 N–H and O–H groups in total. The third kappa shape index (κ3) is 2.16. The Labute approximate surface area is 82.4 Å². The van der Waals surface area contributed by atoms with Gasteiger partial charge in [-0.05, 0) is 11.6 Å². The van der Waals surface area contributed by atoms with E-state index in [1.807, 2.05) is 5.43 Å². The van der Waals surface area contributed by atoms with Gasteiger partial charge in [0.1, 0.15) is 5.56 Å². The summed E-state index contributed by atoms with van der Waals surface area (Å²) in [5.74, 6) is 4.31. The molecular formula is C7H8BrN3O2. The summed E-state index contributed by atoms with van der Waals surface area (Å²) in [5, 5.41) is 0.564. The molecule has 0 unspecified atom stereocenters. The predicted octanol–water partition coefficient (Wildman–Crippen LogP) is -0.127. The lowest BCUT2D eigenvalue weighted by Gasteiger charge is -1.99. The number of alkyl halides is 1. The first kappa shape index (κ1) is 9.94. The molecule has 6 heteroatoms. The lowest BCUT2D eigenvalue weighted by atomic mass is 10.2. The number of nitrogens with one attached hydrogen (secondary N) is 2. The molecule has 1 heterocycles. The van der Waals surface area contributed by atoms with Crippen LogP contribution in [0.3, 0.4) is 0 Å². The van der Waals surface area contributed by atoms with Crippen LogP contribution in [0.5, 0.6) is 0 Å². The Kier molecular flexibility index (Phi) is 3.21. The summed E-state index contributed by atoms with van der Waals surface area (Å²) in [7, 11) is 0. The number of hydrogen-bond acceptors (Lipinski definition) is 3. The Morgan fingerprint density at radius 3 is 2.92 bits per heavy atom. The highest BCUT2D eigenvalue weighted by molar-refractivity contribution is 9.08. The van der Waals surface area contributed by atoms with E-state index in [9.17, 15) is 9.59 Å². The molecule has 0 saturated heterocycles. The van der Waals surface area contributed by atoms with Crippen molar-refractivity contribution in [3.63, 3.8) is 0 Å². The minimum Gasteiger partial charge on any atom is -0.328 e. The van der Waals surface area contributed by atoms with Crippen LogP contribution in [-0.2, 0) is 5.33 Å². The second-order valence-electron chi connectivity index (χ2n) is 2.36. The molecule has 1 amide bonds. The number of H-pyrrole nitrogens is 1. The van der Waals surface area contributed by atoms with Crippen LogP contribution < -0.4 is 16.8 Å². The lowest BCUT2D eigenvalue weighted by molar-refractivity contribution is 0.0952. The first-order valence-corrected chi connectivity index (χ1v) is 4.59. The highest BCUT2D eigenvalue weighted by Gasteiger charge is 2.08. The highest BCUT2D eigenvalue weighted by atomic mass is 79.9. The van der Waals surface area contributed by atoms with Gasteiger partial charge in [-0.3, -0.25) is 15.0 Å². The van der Waals surface area contributed by atoms with Crippen LogP contribution >= 0.6 is 15.9 Å². The minimum atomic E-state index is -0.593. The van der Waals surface area contributed by atoms with Crippen molar-refractivity contribution in [1.82, 2.24) is 10.4 Å². The third-order valence-electron chi connectivity index (χ3n) is 1.49. The van der Waals surface area contributed by atoms with Crippen LogP contribution in [0, 0.1) is 0 Å². The number of aromatic amines is 1. The van der Waals surface area contributed by atoms with Crippen molar-refractivity contribution >= 4 is 21.8 Å². The molecule has 0 spiro atoms. The van der Waals surface area contributed by atoms with Gasteiger partial charge in [-0.25, -0.2) is 5.84 Å². The molecule has 1 aromatic heterocycles. The maximum absolute atomic E-state index is 11.1. The average molecular weight is 246 g/mol. The predicted molar refractivity (Wildman–Crippen MR) is 51.3 cm³/mol. The summed E-state index contributed by atoms with van der Waals surface area (Å²) < 4.78 is 0. The van der Waals surface area contributed by atoms with E-state index in [4.69, 9.17) is 5.84 Å². The molecule has 70 valence electrons. The van der Waals surface area contributed by atoms with Crippen molar-refractivity contribution in [2.24, 2.45) is 5.84 Å². The minimum absolute atomic E-state index is 0.0134. The van der Waals surface area contributed by atoms with Gasteiger partial charge >= 0.3 is 0 Å². The van der Waals surface area contributed by atoms with Gasteiger partial charge in [0.05, 0.1) is 0 Å². The number of carbonyl (C=O) groups excluding carboxylic acids is 1. The second-order valence-corrected chi connectivity index (χ2v) is 2.92. The molecule has 0 radical (unpaired) electrons. The van der Waals surface area contributed by atoms with E-state index in [0.29, 0.717) is 5.33 Å². The van der Waals surface area contributed by atoms with Gasteiger partial charge in [0.25, 0.3) is 11.5 Å². The van der Waals surface area contributed by atoms with Gasteiger partial charge < -0.3 is 4.98 Å². The normalized spacial score (nSPS) is 9.69. The molecule has 1 aromatic rings. The van der Waals surface area contributed by atoms with Gasteiger partial charge in [0.15, 0.2) is 0 Å². The van der Waals surface area contributed by atoms with Crippen molar-refractivity contribution in [2.45, 2.75) is 5.33 Å². The number of hydrogen-bond donors (Lipinski definition) is 3. The van der Waals surface area contributed by atoms with E-state index in [1.165, 1.54) is 12.3 Å². The van der Waals surface area contributed by atoms with Crippen LogP contribution in [0.15, 0.2) is 17.1 Å². The Morgan fingerprint density at radius 1 is 1.69 bits per heavy atom. The van der Waals surface area contributed by atoms with Crippen LogP contribution in [0.25, 0.3) is 0 Å². The molecule has 0 atom stereocenters. The zero-order chi connectivity index (χ0) is 9.84. The fraction of sp³-hybridized carbons (Fsp3) is 0.143. The van der Waals surface area contributed by atoms with Crippen molar-refractivity contribution in [1.29, 1.82) is 0 Å². The molecule has 0 aromatic carbocycles. The van der Waals surface area contributed by atoms with E-state index in [0.717, 1.165) is 5.56 Å². The standard InChI is InChI=1S/C7H8BrN3O2/c8-2-4-1-5(7(13)11-9)6(12)10-3-4/h1,3H,2,9H2,(H,10,12)(H,11,13). The maximum atomic E-state index is 11.1. The van der Waals surface area contributed by atoms with Gasteiger partial charge in [0, 0.05) is 11.5 Å². The van der Waals surface area contributed by atoms with Crippen molar-refractivity contribution < 1.29 is 4.79 Å². The number of halogens is 1. The summed E-state index contributed by atoms with van der Waals surface area (Å²) in [4.78, 5) is 24.6. The molecule has 0 saturated carbocycles. The van der Waals surface area contributed by atoms with Crippen LogP contribution in [0.1, 0.15) is 15.9 Å². The molecule has 0 aliphatic heterocycles. The van der Waals surface area contributed by atoms with Crippen molar-refractivity contribution in [3.05, 3.63) is 33.7 Å². The number of aromatic nitrogens is 1. The molecule has 1 rings (SSSR count). The Morgan fingerprint density at radius 2 is 2.38 bits per heavy atom. The molecule has 0 aliphatic rings. The molecule has 0 bridgehead atoms. The number of pyridine rings is 1. The van der Waals surface area contributed by atoms with E-state index in [1.54, 1.807) is 0 Å². The van der Waals surface area contributed by atoms with E-state index in [2.05, 4.69) is 20.9 Å². The van der Waals surface area contributed by atoms with E-state index in [-0.39, 0.29) is 5.56 Å². The van der Waals surface area contributed by atoms with Crippen LogP contribution in [0.4, 0.5) is 0 Å². The zero-order valence-corrected chi connectivity index (χ0v) is 8.22. The summed E-state index contributed by atoms with van der Waals surface area (Å²) >= 11 is 3.20. The molecule has 13 heavy (non-hydrogen) atoms. The molecule has 0 aliphatic carbocycles. The zero-order valence-electron chi connectivity index (χ0n) is 6.63. The van der Waals surface area contributed by atoms with Crippen molar-refractivity contribution in [2.75, 3.05) is 0 Å². The SMILES string of the molecule is NNC(=O)c1cc(CBr)c[nH]c1=O. The lowest BCUT2D eigenvalue weighted by Crippen LogP contribution is -2.34. The summed E-state index contributed by atoms with van der Waals surface area (Å²) in [6.45, 7) is 0. The number of amides is 1. The third-order valence-corrected chi connectivity index (χ3v) is 2.14. The fourth-order valence-corrected chi connectivity index (χ4v) is 1.18. The first-order valence-electron chi connectivity index (χ1n) is 3.47. The van der Waals surface area contributed by atoms with E-state index >= 15 is 0 Å². The molecule has 0 fully saturated rings. The smallest absolute Gasteiger partial charge is 0.270 e. The highest BCUT2D eigenvalue weighted by Crippen LogP contribution is 2.03. The topological polar surface area (TPSA) is 88.0 Å². The summed E-state index contributed by atoms with van der Waals surface area (Å²) in [5.41, 5.74) is 2.27. The van der Waals surface area contributed by atoms with Gasteiger partial charge in [-0.1, -0.05) is 15.9 Å². The van der Waals surface area contributed by atoms with E-state index < -0.39 is 11.5 Å². The number of hydrazine groups is 1. The summed E-state index contributed by atoms with van der Waals surface area (Å²) in [6.07, 6.45) is 1.53. The number of nitrogen functional groups attached to an aromatic ring is 1. The monoisotopic (exact) mass is 245 g/mol. The Hall–Kier alpha value is -1.14. The second kappa shape index (κ2) is 4.20. The van der Waals surface area contributed by atoms with Crippen LogP contribution in [-0.4, -0.2) is 10.9 Å². The largest absolute Gasteiger partial charge is 0.328 e. The number of rotatable bonds is 2. The van der Waals surface area contributed by atoms with Gasteiger partial charge in [-0.2, -0.15) is 0 Å². The molecular weight excluding hydrogens is 238 g/mol. The average Bonchev–Trinajstić information content (AvgIpc) is 2.17. The quantitative estimate of drug-likeness (QED) is 0.294. The Bertz CT molecular complexity index is 374. The number of carbonyl (C=O) groups is 1. The molecule has 5 nitrogen and oxygen atoms in total. The van der Waals surface area contributed by atoms with Crippen molar-refractivity contribution in [3.8, 4) is 0 Å². The Balaban J connectivity index is 3.19. The van der Waals surface area contributed by atoms with Crippen LogP contribution in [0.2, 0.25) is 0 Å². The summed E-state index contributed by atoms with van der Waals surface area (Å²) in [6, 6.07) is 1.48. The van der Waals surface area contributed by atoms with Gasteiger partial charge in [0.2, 0.25) is 0 Å². The first-order chi connectivity index (χ1) is 6.19. The fourth-order valence-electron chi connectivity index (χ4n) is 0.852. The maximum Gasteiger partial charge on any atom is 0.270 e. The van der Waals surface area contributed by atoms with Gasteiger partial charge in [-0.15, -0.1) is 0 Å². The number of nitrogens with two attached hydrogens (primary N) is 1.